The first-order valence-electron chi connectivity index (χ1n) is 7.44. The highest BCUT2D eigenvalue weighted by molar-refractivity contribution is 5.93. The lowest BCUT2D eigenvalue weighted by molar-refractivity contribution is -0.143. The van der Waals surface area contributed by atoms with Crippen molar-refractivity contribution in [2.45, 2.75) is 31.8 Å². The number of likely N-dealkylation sites (tertiary alicyclic amines) is 1. The molecule has 9 heteroatoms. The normalized spacial score (nSPS) is 17.9. The van der Waals surface area contributed by atoms with E-state index < -0.39 is 24.0 Å². The van der Waals surface area contributed by atoms with E-state index in [0.717, 1.165) is 0 Å². The number of nitrogens with one attached hydrogen (secondary N) is 1. The van der Waals surface area contributed by atoms with Crippen LogP contribution in [0.25, 0.3) is 0 Å². The third-order valence-corrected chi connectivity index (χ3v) is 3.68. The van der Waals surface area contributed by atoms with Crippen molar-refractivity contribution >= 4 is 23.5 Å². The number of benzene rings is 1. The second-order valence-corrected chi connectivity index (χ2v) is 5.47. The van der Waals surface area contributed by atoms with Gasteiger partial charge in [-0.25, -0.2) is 4.79 Å². The van der Waals surface area contributed by atoms with Crippen LogP contribution in [0.3, 0.4) is 0 Å². The van der Waals surface area contributed by atoms with Crippen LogP contribution in [0.2, 0.25) is 0 Å². The smallest absolute Gasteiger partial charge is 0.335 e. The van der Waals surface area contributed by atoms with Crippen LogP contribution < -0.4 is 11.2 Å². The minimum absolute atomic E-state index is 0.151. The molecule has 128 valence electrons. The quantitative estimate of drug-likeness (QED) is 0.612. The van der Waals surface area contributed by atoms with Crippen molar-refractivity contribution < 1.29 is 19.2 Å². The first-order chi connectivity index (χ1) is 11.4. The average Bonchev–Trinajstić information content (AvgIpc) is 3.08. The highest BCUT2D eigenvalue weighted by Crippen LogP contribution is 2.18. The Hall–Kier alpha value is -2.81. The molecule has 0 radical (unpaired) electrons. The van der Waals surface area contributed by atoms with Crippen molar-refractivity contribution in [2.75, 3.05) is 6.54 Å². The maximum atomic E-state index is 12.1. The fourth-order valence-corrected chi connectivity index (χ4v) is 2.45. The topological polar surface area (TPSA) is 131 Å². The van der Waals surface area contributed by atoms with E-state index in [4.69, 9.17) is 10.6 Å². The van der Waals surface area contributed by atoms with Gasteiger partial charge in [0.05, 0.1) is 11.6 Å². The summed E-state index contributed by atoms with van der Waals surface area (Å²) in [6, 6.07) is 4.00. The molecule has 0 aromatic heterocycles. The van der Waals surface area contributed by atoms with Crippen molar-refractivity contribution in [3.05, 3.63) is 34.7 Å². The van der Waals surface area contributed by atoms with Gasteiger partial charge in [0.15, 0.2) is 0 Å². The number of nitroso groups, excluding NO2 is 1. The Kier molecular flexibility index (Phi) is 5.59. The highest BCUT2D eigenvalue weighted by Gasteiger charge is 2.35. The molecule has 9 nitrogen and oxygen atoms in total. The molecule has 0 aliphatic carbocycles. The summed E-state index contributed by atoms with van der Waals surface area (Å²) in [6.45, 7) is 1.99. The summed E-state index contributed by atoms with van der Waals surface area (Å²) >= 11 is 0. The number of rotatable bonds is 4. The lowest BCUT2D eigenvalue weighted by Crippen LogP contribution is -2.50. The molecule has 1 aliphatic rings. The van der Waals surface area contributed by atoms with Gasteiger partial charge in [-0.05, 0) is 49.2 Å². The average molecular weight is 334 g/mol. The van der Waals surface area contributed by atoms with Gasteiger partial charge >= 0.3 is 5.97 Å². The summed E-state index contributed by atoms with van der Waals surface area (Å²) in [5.41, 5.74) is 7.95. The van der Waals surface area contributed by atoms with Crippen LogP contribution in [-0.4, -0.2) is 41.3 Å². The molecule has 3 N–H and O–H groups in total. The second-order valence-electron chi connectivity index (χ2n) is 5.47. The Bertz CT molecular complexity index is 644. The number of hydrogen-bond donors (Lipinski definition) is 2. The summed E-state index contributed by atoms with van der Waals surface area (Å²) in [6.07, 6.45) is 1.15. The number of carbonyl (C=O) groups excluding carboxylic acids is 3. The van der Waals surface area contributed by atoms with Gasteiger partial charge in [0, 0.05) is 6.54 Å². The van der Waals surface area contributed by atoms with E-state index in [1.54, 1.807) is 6.92 Å². The maximum Gasteiger partial charge on any atom is 0.362 e. The van der Waals surface area contributed by atoms with Crippen LogP contribution in [0.1, 0.15) is 30.1 Å². The minimum atomic E-state index is -0.788. The summed E-state index contributed by atoms with van der Waals surface area (Å²) in [4.78, 5) is 52.4. The first kappa shape index (κ1) is 17.5. The van der Waals surface area contributed by atoms with E-state index >= 15 is 0 Å². The number of amides is 2. The molecule has 1 heterocycles. The Morgan fingerprint density at radius 3 is 2.58 bits per heavy atom. The molecule has 1 aromatic carbocycles. The zero-order valence-electron chi connectivity index (χ0n) is 13.1. The molecule has 1 fully saturated rings. The van der Waals surface area contributed by atoms with E-state index in [1.807, 2.05) is 0 Å². The highest BCUT2D eigenvalue weighted by atomic mass is 16.7. The Morgan fingerprint density at radius 1 is 1.33 bits per heavy atom. The van der Waals surface area contributed by atoms with Crippen LogP contribution in [0.15, 0.2) is 29.4 Å². The summed E-state index contributed by atoms with van der Waals surface area (Å²) < 4.78 is 0. The Balaban J connectivity index is 1.93. The van der Waals surface area contributed by atoms with E-state index in [0.29, 0.717) is 19.4 Å². The predicted octanol–water partition coefficient (Wildman–Crippen LogP) is 0.611. The van der Waals surface area contributed by atoms with Crippen LogP contribution in [0.4, 0.5) is 5.69 Å². The molecule has 0 spiro atoms. The minimum Gasteiger partial charge on any atom is -0.335 e. The molecule has 2 unspecified atom stereocenters. The van der Waals surface area contributed by atoms with Crippen LogP contribution in [0, 0.1) is 4.91 Å². The van der Waals surface area contributed by atoms with Crippen molar-refractivity contribution in [3.8, 4) is 0 Å². The molecule has 2 amide bonds. The zero-order valence-corrected chi connectivity index (χ0v) is 13.1. The lowest BCUT2D eigenvalue weighted by Gasteiger charge is -2.25. The van der Waals surface area contributed by atoms with Gasteiger partial charge < -0.3 is 15.5 Å². The molecule has 1 aromatic rings. The number of nitrogens with two attached hydrogens (primary N) is 1. The predicted molar refractivity (Wildman–Crippen MR) is 83.8 cm³/mol. The fraction of sp³-hybridized carbons (Fsp3) is 0.400. The van der Waals surface area contributed by atoms with Gasteiger partial charge in [0.1, 0.15) is 11.7 Å². The molecule has 1 saturated heterocycles. The van der Waals surface area contributed by atoms with Crippen molar-refractivity contribution in [1.29, 1.82) is 0 Å². The van der Waals surface area contributed by atoms with Crippen LogP contribution >= 0.6 is 0 Å². The van der Waals surface area contributed by atoms with Gasteiger partial charge in [-0.15, -0.1) is 4.91 Å². The van der Waals surface area contributed by atoms with E-state index in [-0.39, 0.29) is 17.2 Å². The summed E-state index contributed by atoms with van der Waals surface area (Å²) in [5.74, 6) is -1.69. The Morgan fingerprint density at radius 2 is 2.00 bits per heavy atom. The summed E-state index contributed by atoms with van der Waals surface area (Å²) in [7, 11) is 0. The second kappa shape index (κ2) is 7.64. The van der Waals surface area contributed by atoms with Gasteiger partial charge in [-0.1, -0.05) is 0 Å². The largest absolute Gasteiger partial charge is 0.362 e. The molecular formula is C15H18N4O5. The number of carbonyl (C=O) groups is 3. The third-order valence-electron chi connectivity index (χ3n) is 3.68. The van der Waals surface area contributed by atoms with E-state index in [2.05, 4.69) is 10.7 Å². The molecule has 2 atom stereocenters. The maximum absolute atomic E-state index is 12.1. The van der Waals surface area contributed by atoms with E-state index in [1.165, 1.54) is 29.2 Å². The number of hydrogen-bond acceptors (Lipinski definition) is 7. The zero-order chi connectivity index (χ0) is 17.7. The van der Waals surface area contributed by atoms with Crippen LogP contribution in [0.5, 0.6) is 0 Å². The molecule has 2 rings (SSSR count). The standard InChI is InChI=1S/C15H18N4O5/c1-9(16)14(21)19-8-2-3-12(19)13(20)18-24-15(22)10-4-6-11(17-23)7-5-10/h4-7,9,12H,2-3,8,16H2,1H3,(H,18,20). The van der Waals surface area contributed by atoms with E-state index in [9.17, 15) is 19.3 Å². The molecule has 1 aliphatic heterocycles. The Labute approximate surface area is 138 Å². The number of nitrogens with zero attached hydrogens (tertiary/aromatic N) is 2. The lowest BCUT2D eigenvalue weighted by atomic mass is 10.2. The van der Waals surface area contributed by atoms with Gasteiger partial charge in [-0.2, -0.15) is 5.48 Å². The van der Waals surface area contributed by atoms with Crippen LogP contribution in [-0.2, 0) is 14.4 Å². The monoisotopic (exact) mass is 334 g/mol. The summed E-state index contributed by atoms with van der Waals surface area (Å²) in [5, 5.41) is 2.72. The number of hydroxylamine groups is 1. The van der Waals surface area contributed by atoms with Gasteiger partial charge in [0.2, 0.25) is 5.91 Å². The third kappa shape index (κ3) is 3.93. The first-order valence-corrected chi connectivity index (χ1v) is 7.44. The van der Waals surface area contributed by atoms with Gasteiger partial charge in [0.25, 0.3) is 5.91 Å². The van der Waals surface area contributed by atoms with Gasteiger partial charge in [-0.3, -0.25) is 9.59 Å². The van der Waals surface area contributed by atoms with Crippen molar-refractivity contribution in [2.24, 2.45) is 10.9 Å². The SMILES string of the molecule is CC(N)C(=O)N1CCCC1C(=O)NOC(=O)c1ccc(N=O)cc1. The molecule has 0 saturated carbocycles. The fourth-order valence-electron chi connectivity index (χ4n) is 2.45. The molecule has 24 heavy (non-hydrogen) atoms. The van der Waals surface area contributed by atoms with Crippen molar-refractivity contribution in [3.63, 3.8) is 0 Å². The van der Waals surface area contributed by atoms with Crippen molar-refractivity contribution in [1.82, 2.24) is 10.4 Å². The molecule has 0 bridgehead atoms. The molecular weight excluding hydrogens is 316 g/mol.